The molecule has 2 amide bonds. The van der Waals surface area contributed by atoms with Gasteiger partial charge in [0.1, 0.15) is 11.9 Å². The summed E-state index contributed by atoms with van der Waals surface area (Å²) in [6.07, 6.45) is 0.764. The molecule has 1 fully saturated rings. The van der Waals surface area contributed by atoms with Crippen LogP contribution in [-0.4, -0.2) is 48.7 Å². The van der Waals surface area contributed by atoms with Crippen LogP contribution in [0.15, 0.2) is 24.3 Å². The second-order valence-electron chi connectivity index (χ2n) is 5.51. The maximum atomic E-state index is 12.8. The Hall–Kier alpha value is -2.15. The van der Waals surface area contributed by atoms with Crippen LogP contribution in [0.1, 0.15) is 20.3 Å². The summed E-state index contributed by atoms with van der Waals surface area (Å²) in [6.45, 7) is 5.26. The number of esters is 1. The van der Waals surface area contributed by atoms with Crippen molar-refractivity contribution in [3.63, 3.8) is 0 Å². The number of benzene rings is 1. The van der Waals surface area contributed by atoms with E-state index in [1.54, 1.807) is 13.8 Å². The number of hydrogen-bond donors (Lipinski definition) is 2. The number of urea groups is 1. The van der Waals surface area contributed by atoms with Crippen molar-refractivity contribution in [1.29, 1.82) is 0 Å². The smallest absolute Gasteiger partial charge is 0.323 e. The average molecular weight is 323 g/mol. The van der Waals surface area contributed by atoms with Gasteiger partial charge in [-0.05, 0) is 44.5 Å². The fourth-order valence-electron chi connectivity index (χ4n) is 2.55. The van der Waals surface area contributed by atoms with Crippen LogP contribution in [0.2, 0.25) is 0 Å². The molecular formula is C16H22FN3O3. The lowest BCUT2D eigenvalue weighted by molar-refractivity contribution is -0.148. The lowest BCUT2D eigenvalue weighted by Crippen LogP contribution is -2.43. The molecule has 1 heterocycles. The maximum Gasteiger partial charge on any atom is 0.323 e. The molecule has 0 aromatic heterocycles. The largest absolute Gasteiger partial charge is 0.465 e. The molecule has 2 N–H and O–H groups in total. The van der Waals surface area contributed by atoms with Crippen LogP contribution in [0.3, 0.4) is 0 Å². The molecule has 2 rings (SSSR count). The van der Waals surface area contributed by atoms with Crippen molar-refractivity contribution in [2.24, 2.45) is 0 Å². The number of nitrogens with zero attached hydrogens (tertiary/aromatic N) is 1. The predicted octanol–water partition coefficient (Wildman–Crippen LogP) is 1.97. The molecule has 126 valence electrons. The first-order valence-electron chi connectivity index (χ1n) is 7.73. The first kappa shape index (κ1) is 17.2. The molecule has 0 aliphatic carbocycles. The lowest BCUT2D eigenvalue weighted by atomic mass is 10.2. The molecule has 0 spiro atoms. The zero-order valence-electron chi connectivity index (χ0n) is 13.3. The van der Waals surface area contributed by atoms with Crippen LogP contribution < -0.4 is 10.6 Å². The van der Waals surface area contributed by atoms with Gasteiger partial charge in [0.05, 0.1) is 6.61 Å². The first-order valence-corrected chi connectivity index (χ1v) is 7.73. The molecule has 1 aromatic rings. The number of carbonyl (C=O) groups is 2. The monoisotopic (exact) mass is 323 g/mol. The molecule has 6 nitrogen and oxygen atoms in total. The van der Waals surface area contributed by atoms with Gasteiger partial charge in [-0.1, -0.05) is 0 Å². The first-order chi connectivity index (χ1) is 11.0. The summed E-state index contributed by atoms with van der Waals surface area (Å²) in [4.78, 5) is 25.7. The van der Waals surface area contributed by atoms with E-state index in [-0.39, 0.29) is 29.9 Å². The Morgan fingerprint density at radius 1 is 1.39 bits per heavy atom. The highest BCUT2D eigenvalue weighted by molar-refractivity contribution is 5.89. The minimum Gasteiger partial charge on any atom is -0.465 e. The van der Waals surface area contributed by atoms with Crippen molar-refractivity contribution in [3.8, 4) is 0 Å². The van der Waals surface area contributed by atoms with Gasteiger partial charge >= 0.3 is 12.0 Å². The second-order valence-corrected chi connectivity index (χ2v) is 5.51. The van der Waals surface area contributed by atoms with E-state index in [0.717, 1.165) is 13.0 Å². The topological polar surface area (TPSA) is 70.7 Å². The summed E-state index contributed by atoms with van der Waals surface area (Å²) in [5, 5.41) is 5.52. The minimum atomic E-state index is -0.352. The molecule has 1 aliphatic heterocycles. The summed E-state index contributed by atoms with van der Waals surface area (Å²) in [7, 11) is 0. The van der Waals surface area contributed by atoms with Gasteiger partial charge in [0.15, 0.2) is 0 Å². The molecular weight excluding hydrogens is 301 g/mol. The van der Waals surface area contributed by atoms with Gasteiger partial charge < -0.3 is 15.4 Å². The zero-order chi connectivity index (χ0) is 16.8. The number of nitrogens with one attached hydrogen (secondary N) is 2. The van der Waals surface area contributed by atoms with Crippen LogP contribution >= 0.6 is 0 Å². The lowest BCUT2D eigenvalue weighted by Gasteiger charge is -2.22. The van der Waals surface area contributed by atoms with Crippen molar-refractivity contribution in [1.82, 2.24) is 10.2 Å². The van der Waals surface area contributed by atoms with Crippen LogP contribution in [0, 0.1) is 5.82 Å². The van der Waals surface area contributed by atoms with Crippen LogP contribution in [0.4, 0.5) is 14.9 Å². The van der Waals surface area contributed by atoms with Gasteiger partial charge in [0.2, 0.25) is 0 Å². The summed E-state index contributed by atoms with van der Waals surface area (Å²) in [6, 6.07) is 4.88. The number of carbonyl (C=O) groups excluding carboxylic acids is 2. The van der Waals surface area contributed by atoms with Crippen LogP contribution in [0.5, 0.6) is 0 Å². The zero-order valence-corrected chi connectivity index (χ0v) is 13.3. The maximum absolute atomic E-state index is 12.8. The van der Waals surface area contributed by atoms with Gasteiger partial charge in [-0.3, -0.25) is 9.69 Å². The molecule has 1 saturated heterocycles. The normalized spacial score (nSPS) is 19.2. The van der Waals surface area contributed by atoms with Crippen molar-refractivity contribution < 1.29 is 18.7 Å². The Balaban J connectivity index is 1.79. The molecule has 0 radical (unpaired) electrons. The van der Waals surface area contributed by atoms with Gasteiger partial charge in [-0.15, -0.1) is 0 Å². The highest BCUT2D eigenvalue weighted by Crippen LogP contribution is 2.14. The van der Waals surface area contributed by atoms with Crippen LogP contribution in [-0.2, 0) is 9.53 Å². The van der Waals surface area contributed by atoms with Crippen molar-refractivity contribution >= 4 is 17.7 Å². The van der Waals surface area contributed by atoms with Gasteiger partial charge in [-0.25, -0.2) is 9.18 Å². The van der Waals surface area contributed by atoms with Gasteiger partial charge in [0, 0.05) is 24.8 Å². The second kappa shape index (κ2) is 7.92. The van der Waals surface area contributed by atoms with E-state index in [4.69, 9.17) is 4.74 Å². The third kappa shape index (κ3) is 4.92. The molecule has 23 heavy (non-hydrogen) atoms. The molecule has 1 aliphatic rings. The Labute approximate surface area is 135 Å². The summed E-state index contributed by atoms with van der Waals surface area (Å²) in [5.41, 5.74) is 0.527. The van der Waals surface area contributed by atoms with Crippen LogP contribution in [0.25, 0.3) is 0 Å². The van der Waals surface area contributed by atoms with E-state index in [0.29, 0.717) is 18.8 Å². The Morgan fingerprint density at radius 2 is 2.09 bits per heavy atom. The summed E-state index contributed by atoms with van der Waals surface area (Å²) >= 11 is 0. The van der Waals surface area contributed by atoms with Crippen molar-refractivity contribution in [3.05, 3.63) is 30.1 Å². The van der Waals surface area contributed by atoms with Gasteiger partial charge in [0.25, 0.3) is 0 Å². The van der Waals surface area contributed by atoms with Crippen molar-refractivity contribution in [2.75, 3.05) is 25.0 Å². The van der Waals surface area contributed by atoms with Gasteiger partial charge in [-0.2, -0.15) is 0 Å². The summed E-state index contributed by atoms with van der Waals surface area (Å²) < 4.78 is 17.8. The Morgan fingerprint density at radius 3 is 2.74 bits per heavy atom. The highest BCUT2D eigenvalue weighted by atomic mass is 19.1. The number of rotatable bonds is 5. The highest BCUT2D eigenvalue weighted by Gasteiger charge is 2.31. The SMILES string of the molecule is CCOC(=O)[C@H](C)N1CC[C@@H](NC(=O)Nc2ccc(F)cc2)C1. The number of halogens is 1. The number of ether oxygens (including phenoxy) is 1. The Kier molecular flexibility index (Phi) is 5.92. The number of amides is 2. The molecule has 0 saturated carbocycles. The Bertz CT molecular complexity index is 550. The van der Waals surface area contributed by atoms with E-state index in [1.165, 1.54) is 24.3 Å². The van der Waals surface area contributed by atoms with E-state index < -0.39 is 0 Å². The fourth-order valence-corrected chi connectivity index (χ4v) is 2.55. The fraction of sp³-hybridized carbons (Fsp3) is 0.500. The third-order valence-electron chi connectivity index (χ3n) is 3.83. The molecule has 7 heteroatoms. The standard InChI is InChI=1S/C16H22FN3O3/c1-3-23-15(21)11(2)20-9-8-14(10-20)19-16(22)18-13-6-4-12(17)5-7-13/h4-7,11,14H,3,8-10H2,1-2H3,(H2,18,19,22)/t11-,14+/m0/s1. The van der Waals surface area contributed by atoms with Crippen molar-refractivity contribution in [2.45, 2.75) is 32.4 Å². The summed E-state index contributed by atoms with van der Waals surface area (Å²) in [5.74, 6) is -0.598. The average Bonchev–Trinajstić information content (AvgIpc) is 2.97. The molecule has 0 unspecified atom stereocenters. The van der Waals surface area contributed by atoms with E-state index in [1.807, 2.05) is 4.90 Å². The number of hydrogen-bond acceptors (Lipinski definition) is 4. The van der Waals surface area contributed by atoms with E-state index in [2.05, 4.69) is 10.6 Å². The molecule has 0 bridgehead atoms. The predicted molar refractivity (Wildman–Crippen MR) is 84.6 cm³/mol. The van der Waals surface area contributed by atoms with E-state index >= 15 is 0 Å². The third-order valence-corrected chi connectivity index (χ3v) is 3.83. The van der Waals surface area contributed by atoms with E-state index in [9.17, 15) is 14.0 Å². The molecule has 1 aromatic carbocycles. The quantitative estimate of drug-likeness (QED) is 0.813. The minimum absolute atomic E-state index is 0.0349. The number of anilines is 1. The number of likely N-dealkylation sites (tertiary alicyclic amines) is 1. The molecule has 2 atom stereocenters.